The molecule has 1 aromatic heterocycles. The van der Waals surface area contributed by atoms with Crippen LogP contribution in [0.5, 0.6) is 0 Å². The van der Waals surface area contributed by atoms with Crippen molar-refractivity contribution < 1.29 is 19.4 Å². The molecule has 0 radical (unpaired) electrons. The number of hydrogen-bond acceptors (Lipinski definition) is 5. The fourth-order valence-corrected chi connectivity index (χ4v) is 3.47. The summed E-state index contributed by atoms with van der Waals surface area (Å²) in [6.45, 7) is 8.52. The van der Waals surface area contributed by atoms with Crippen molar-refractivity contribution in [2.45, 2.75) is 45.4 Å². The largest absolute Gasteiger partial charge is 0.480 e. The van der Waals surface area contributed by atoms with Crippen molar-refractivity contribution >= 4 is 23.4 Å². The van der Waals surface area contributed by atoms with Gasteiger partial charge >= 0.3 is 12.1 Å². The minimum absolute atomic E-state index is 0.0110. The highest BCUT2D eigenvalue weighted by molar-refractivity contribution is 7.10. The summed E-state index contributed by atoms with van der Waals surface area (Å²) < 4.78 is 5.35. The van der Waals surface area contributed by atoms with Crippen LogP contribution >= 0.6 is 11.3 Å². The minimum atomic E-state index is -0.915. The molecular formula is C16H24N2O4S. The van der Waals surface area contributed by atoms with E-state index in [9.17, 15) is 14.7 Å². The zero-order chi connectivity index (χ0) is 17.2. The summed E-state index contributed by atoms with van der Waals surface area (Å²) in [5.74, 6) is -0.915. The number of ether oxygens (including phenoxy) is 1. The molecule has 1 N–H and O–H groups in total. The number of carboxylic acids is 1. The number of carbonyl (C=O) groups excluding carboxylic acids is 1. The summed E-state index contributed by atoms with van der Waals surface area (Å²) in [4.78, 5) is 28.4. The van der Waals surface area contributed by atoms with Crippen molar-refractivity contribution in [3.05, 3.63) is 22.4 Å². The van der Waals surface area contributed by atoms with Crippen LogP contribution in [0.25, 0.3) is 0 Å². The van der Waals surface area contributed by atoms with E-state index in [4.69, 9.17) is 4.74 Å². The summed E-state index contributed by atoms with van der Waals surface area (Å²) in [5.41, 5.74) is -0.586. The van der Waals surface area contributed by atoms with Crippen molar-refractivity contribution in [1.29, 1.82) is 0 Å². The van der Waals surface area contributed by atoms with Crippen molar-refractivity contribution in [1.82, 2.24) is 9.80 Å². The molecule has 2 atom stereocenters. The molecule has 1 saturated heterocycles. The Morgan fingerprint density at radius 1 is 1.39 bits per heavy atom. The topological polar surface area (TPSA) is 70.1 Å². The van der Waals surface area contributed by atoms with E-state index in [1.807, 2.05) is 29.3 Å². The van der Waals surface area contributed by atoms with E-state index >= 15 is 0 Å². The zero-order valence-electron chi connectivity index (χ0n) is 14.0. The lowest BCUT2D eigenvalue weighted by Crippen LogP contribution is -2.58. The third-order valence-electron chi connectivity index (χ3n) is 3.81. The predicted molar refractivity (Wildman–Crippen MR) is 88.7 cm³/mol. The normalized spacial score (nSPS) is 21.0. The van der Waals surface area contributed by atoms with Gasteiger partial charge in [0.05, 0.1) is 6.54 Å². The van der Waals surface area contributed by atoms with Gasteiger partial charge in [0.1, 0.15) is 11.6 Å². The predicted octanol–water partition coefficient (Wildman–Crippen LogP) is 2.82. The van der Waals surface area contributed by atoms with Crippen LogP contribution in [0, 0.1) is 0 Å². The highest BCUT2D eigenvalue weighted by atomic mass is 32.1. The Morgan fingerprint density at radius 2 is 2.09 bits per heavy atom. The van der Waals surface area contributed by atoms with Crippen molar-refractivity contribution in [2.75, 3.05) is 19.6 Å². The first kappa shape index (κ1) is 17.7. The van der Waals surface area contributed by atoms with Crippen LogP contribution in [0.4, 0.5) is 4.79 Å². The molecule has 0 aromatic carbocycles. The second-order valence-corrected chi connectivity index (χ2v) is 7.69. The van der Waals surface area contributed by atoms with Gasteiger partial charge in [-0.3, -0.25) is 9.69 Å². The lowest BCUT2D eigenvalue weighted by Gasteiger charge is -2.42. The Balaban J connectivity index is 2.09. The van der Waals surface area contributed by atoms with Gasteiger partial charge in [-0.25, -0.2) is 4.79 Å². The smallest absolute Gasteiger partial charge is 0.410 e. The number of nitrogens with zero attached hydrogens (tertiary/aromatic N) is 2. The number of amides is 1. The molecule has 1 aromatic rings. The fraction of sp³-hybridized carbons (Fsp3) is 0.625. The second kappa shape index (κ2) is 6.88. The van der Waals surface area contributed by atoms with Crippen molar-refractivity contribution in [3.8, 4) is 0 Å². The Kier molecular flexibility index (Phi) is 5.31. The summed E-state index contributed by atoms with van der Waals surface area (Å²) in [6, 6.07) is 3.25. The number of carboxylic acid groups (broad SMARTS) is 1. The first-order valence-corrected chi connectivity index (χ1v) is 8.57. The summed E-state index contributed by atoms with van der Waals surface area (Å²) in [6.07, 6.45) is -0.452. The molecule has 23 heavy (non-hydrogen) atoms. The molecule has 7 heteroatoms. The third kappa shape index (κ3) is 4.45. The van der Waals surface area contributed by atoms with Gasteiger partial charge in [-0.2, -0.15) is 0 Å². The Labute approximate surface area is 140 Å². The van der Waals surface area contributed by atoms with Gasteiger partial charge in [-0.1, -0.05) is 6.07 Å². The molecule has 1 aliphatic rings. The molecule has 6 nitrogen and oxygen atoms in total. The van der Waals surface area contributed by atoms with Gasteiger partial charge < -0.3 is 14.7 Å². The van der Waals surface area contributed by atoms with Crippen LogP contribution in [0.15, 0.2) is 17.5 Å². The molecule has 0 unspecified atom stereocenters. The number of thiophene rings is 1. The summed E-state index contributed by atoms with van der Waals surface area (Å²) in [5, 5.41) is 11.6. The maximum atomic E-state index is 12.2. The number of rotatable bonds is 3. The van der Waals surface area contributed by atoms with Crippen LogP contribution in [-0.4, -0.2) is 58.2 Å². The van der Waals surface area contributed by atoms with E-state index in [1.54, 1.807) is 32.1 Å². The highest BCUT2D eigenvalue weighted by Crippen LogP contribution is 2.28. The molecular weight excluding hydrogens is 316 g/mol. The highest BCUT2D eigenvalue weighted by Gasteiger charge is 2.38. The maximum absolute atomic E-state index is 12.2. The quantitative estimate of drug-likeness (QED) is 0.916. The molecule has 128 valence electrons. The molecule has 0 saturated carbocycles. The fourth-order valence-electron chi connectivity index (χ4n) is 2.67. The van der Waals surface area contributed by atoms with Crippen LogP contribution in [-0.2, 0) is 9.53 Å². The Bertz CT molecular complexity index is 553. The Morgan fingerprint density at radius 3 is 2.61 bits per heavy atom. The number of piperazine rings is 1. The van der Waals surface area contributed by atoms with Crippen molar-refractivity contribution in [3.63, 3.8) is 0 Å². The lowest BCUT2D eigenvalue weighted by atomic mass is 10.1. The minimum Gasteiger partial charge on any atom is -0.480 e. The third-order valence-corrected chi connectivity index (χ3v) is 4.85. The van der Waals surface area contributed by atoms with E-state index in [0.29, 0.717) is 13.1 Å². The maximum Gasteiger partial charge on any atom is 0.410 e. The van der Waals surface area contributed by atoms with Gasteiger partial charge in [-0.15, -0.1) is 11.3 Å². The molecule has 2 heterocycles. The molecule has 1 amide bonds. The number of hydrogen-bond donors (Lipinski definition) is 1. The van der Waals surface area contributed by atoms with Gasteiger partial charge in [0.15, 0.2) is 0 Å². The monoisotopic (exact) mass is 340 g/mol. The molecule has 2 rings (SSSR count). The van der Waals surface area contributed by atoms with Gasteiger partial charge in [0, 0.05) is 24.0 Å². The summed E-state index contributed by atoms with van der Waals surface area (Å²) in [7, 11) is 0. The Hall–Kier alpha value is -1.60. The van der Waals surface area contributed by atoms with Gasteiger partial charge in [-0.05, 0) is 39.1 Å². The molecule has 1 aliphatic heterocycles. The SMILES string of the molecule is C[C@@H](c1cccs1)N1CCN(C(=O)OC(C)(C)C)C[C@H]1C(=O)O. The van der Waals surface area contributed by atoms with E-state index in [2.05, 4.69) is 0 Å². The molecule has 0 spiro atoms. The molecule has 0 bridgehead atoms. The zero-order valence-corrected chi connectivity index (χ0v) is 14.8. The average molecular weight is 340 g/mol. The first-order chi connectivity index (χ1) is 10.7. The van der Waals surface area contributed by atoms with Gasteiger partial charge in [0.25, 0.3) is 0 Å². The van der Waals surface area contributed by atoms with Crippen LogP contribution in [0.3, 0.4) is 0 Å². The summed E-state index contributed by atoms with van der Waals surface area (Å²) >= 11 is 1.61. The van der Waals surface area contributed by atoms with Crippen LogP contribution in [0.1, 0.15) is 38.6 Å². The van der Waals surface area contributed by atoms with Crippen LogP contribution < -0.4 is 0 Å². The molecule has 1 fully saturated rings. The van der Waals surface area contributed by atoms with Crippen molar-refractivity contribution in [2.24, 2.45) is 0 Å². The average Bonchev–Trinajstić information content (AvgIpc) is 2.98. The standard InChI is InChI=1S/C16H24N2O4S/c1-11(13-6-5-9-23-13)18-8-7-17(10-12(18)14(19)20)15(21)22-16(2,3)4/h5-6,9,11-12H,7-8,10H2,1-4H3,(H,19,20)/t11-,12-/m0/s1. The van der Waals surface area contributed by atoms with E-state index < -0.39 is 23.7 Å². The van der Waals surface area contributed by atoms with E-state index in [-0.39, 0.29) is 12.6 Å². The van der Waals surface area contributed by atoms with E-state index in [1.165, 1.54) is 4.90 Å². The number of carbonyl (C=O) groups is 2. The van der Waals surface area contributed by atoms with E-state index in [0.717, 1.165) is 4.88 Å². The first-order valence-electron chi connectivity index (χ1n) is 7.69. The second-order valence-electron chi connectivity index (χ2n) is 6.71. The van der Waals surface area contributed by atoms with Crippen LogP contribution in [0.2, 0.25) is 0 Å². The van der Waals surface area contributed by atoms with Gasteiger partial charge in [0.2, 0.25) is 0 Å². The lowest BCUT2D eigenvalue weighted by molar-refractivity contribution is -0.146. The molecule has 0 aliphatic carbocycles. The number of aliphatic carboxylic acids is 1.